The third kappa shape index (κ3) is 6.71. The standard InChI is InChI=1S/C19H23Br2N3O4S/c1-2-25-15(9-22)19(29-16-8-14(20)10-23-17(16)21)27-12-24-11-26-18(28-24)13-6-4-3-5-7-13/h3-8,10,15,18-19H,2,9,11-12,22H2,1H3/t15-,18?,19?/m0/s1. The molecular formula is C19H23Br2N3O4S. The second-order valence-corrected chi connectivity index (χ2v) is 8.89. The van der Waals surface area contributed by atoms with Crippen molar-refractivity contribution in [3.63, 3.8) is 0 Å². The molecule has 10 heteroatoms. The van der Waals surface area contributed by atoms with Gasteiger partial charge in [0, 0.05) is 34.3 Å². The zero-order chi connectivity index (χ0) is 20.6. The van der Waals surface area contributed by atoms with Crippen LogP contribution < -0.4 is 5.73 Å². The average molecular weight is 549 g/mol. The molecule has 2 N–H and O–H groups in total. The summed E-state index contributed by atoms with van der Waals surface area (Å²) in [5.41, 5.74) is 6.54. The molecule has 0 saturated carbocycles. The summed E-state index contributed by atoms with van der Waals surface area (Å²) in [5.74, 6) is 0. The summed E-state index contributed by atoms with van der Waals surface area (Å²) in [4.78, 5) is 11.1. The van der Waals surface area contributed by atoms with Crippen LogP contribution in [0.1, 0.15) is 18.8 Å². The van der Waals surface area contributed by atoms with Crippen molar-refractivity contribution in [1.82, 2.24) is 10.0 Å². The minimum Gasteiger partial charge on any atom is -0.374 e. The quantitative estimate of drug-likeness (QED) is 0.268. The molecule has 0 spiro atoms. The first-order valence-corrected chi connectivity index (χ1v) is 11.6. The Balaban J connectivity index is 1.63. The number of hydrogen-bond donors (Lipinski definition) is 1. The molecule has 7 nitrogen and oxygen atoms in total. The Hall–Kier alpha value is -0.560. The lowest BCUT2D eigenvalue weighted by Crippen LogP contribution is -2.38. The third-order valence-electron chi connectivity index (χ3n) is 4.00. The SMILES string of the molecule is CCO[C@@H](CN)C(OCN1COC(c2ccccc2)O1)Sc1cc(Br)cnc1Br. The maximum Gasteiger partial charge on any atom is 0.205 e. The number of thioether (sulfide) groups is 1. The van der Waals surface area contributed by atoms with E-state index in [4.69, 9.17) is 24.8 Å². The average Bonchev–Trinajstić information content (AvgIpc) is 3.21. The summed E-state index contributed by atoms with van der Waals surface area (Å²) in [6.45, 7) is 3.32. The Morgan fingerprint density at radius 1 is 1.31 bits per heavy atom. The number of hydroxylamine groups is 2. The second-order valence-electron chi connectivity index (χ2n) is 6.08. The van der Waals surface area contributed by atoms with Gasteiger partial charge in [0.15, 0.2) is 0 Å². The number of rotatable bonds is 10. The van der Waals surface area contributed by atoms with Crippen molar-refractivity contribution in [2.45, 2.75) is 29.6 Å². The van der Waals surface area contributed by atoms with Gasteiger partial charge in [-0.1, -0.05) is 42.1 Å². The van der Waals surface area contributed by atoms with Crippen LogP contribution in [0.2, 0.25) is 0 Å². The van der Waals surface area contributed by atoms with E-state index in [0.29, 0.717) is 19.9 Å². The molecule has 1 fully saturated rings. The second kappa shape index (κ2) is 11.7. The highest BCUT2D eigenvalue weighted by atomic mass is 79.9. The number of benzene rings is 1. The summed E-state index contributed by atoms with van der Waals surface area (Å²) in [6.07, 6.45) is 1.00. The van der Waals surface area contributed by atoms with Crippen molar-refractivity contribution in [2.75, 3.05) is 26.6 Å². The molecule has 2 aromatic rings. The predicted octanol–water partition coefficient (Wildman–Crippen LogP) is 4.28. The van der Waals surface area contributed by atoms with Crippen LogP contribution in [-0.2, 0) is 19.0 Å². The molecule has 1 aliphatic heterocycles. The molecular weight excluding hydrogens is 526 g/mol. The highest BCUT2D eigenvalue weighted by Crippen LogP contribution is 2.34. The number of hydrogen-bond acceptors (Lipinski definition) is 8. The Morgan fingerprint density at radius 2 is 2.10 bits per heavy atom. The van der Waals surface area contributed by atoms with Gasteiger partial charge in [-0.25, -0.2) is 4.98 Å². The van der Waals surface area contributed by atoms with E-state index in [2.05, 4.69) is 36.8 Å². The van der Waals surface area contributed by atoms with Gasteiger partial charge in [-0.3, -0.25) is 4.84 Å². The normalized spacial score (nSPS) is 19.4. The fraction of sp³-hybridized carbons (Fsp3) is 0.421. The summed E-state index contributed by atoms with van der Waals surface area (Å²) >= 11 is 8.43. The first kappa shape index (κ1) is 23.1. The Morgan fingerprint density at radius 3 is 2.83 bits per heavy atom. The molecule has 1 aromatic carbocycles. The Kier molecular flexibility index (Phi) is 9.35. The molecule has 3 atom stereocenters. The van der Waals surface area contributed by atoms with Gasteiger partial charge in [0.05, 0.1) is 0 Å². The molecule has 0 radical (unpaired) electrons. The van der Waals surface area contributed by atoms with Gasteiger partial charge in [-0.05, 0) is 44.8 Å². The molecule has 158 valence electrons. The molecule has 2 heterocycles. The topological polar surface area (TPSA) is 79.1 Å². The maximum atomic E-state index is 6.13. The van der Waals surface area contributed by atoms with Crippen LogP contribution in [0.4, 0.5) is 0 Å². The molecule has 1 saturated heterocycles. The van der Waals surface area contributed by atoms with E-state index in [0.717, 1.165) is 19.5 Å². The van der Waals surface area contributed by atoms with Crippen LogP contribution in [0.5, 0.6) is 0 Å². The lowest BCUT2D eigenvalue weighted by molar-refractivity contribution is -0.212. The summed E-state index contributed by atoms with van der Waals surface area (Å²) in [6, 6.07) is 11.8. The summed E-state index contributed by atoms with van der Waals surface area (Å²) in [7, 11) is 0. The molecule has 1 aromatic heterocycles. The Labute approximate surface area is 191 Å². The lowest BCUT2D eigenvalue weighted by atomic mass is 10.2. The van der Waals surface area contributed by atoms with E-state index in [1.165, 1.54) is 11.8 Å². The number of halogens is 2. The van der Waals surface area contributed by atoms with Crippen LogP contribution in [0.3, 0.4) is 0 Å². The monoisotopic (exact) mass is 547 g/mol. The van der Waals surface area contributed by atoms with E-state index in [-0.39, 0.29) is 18.3 Å². The minimum absolute atomic E-state index is 0.212. The molecule has 3 rings (SSSR count). The minimum atomic E-state index is -0.438. The summed E-state index contributed by atoms with van der Waals surface area (Å²) in [5, 5.41) is 1.64. The van der Waals surface area contributed by atoms with Crippen molar-refractivity contribution in [3.05, 3.63) is 57.2 Å². The molecule has 0 bridgehead atoms. The van der Waals surface area contributed by atoms with E-state index in [1.807, 2.05) is 43.3 Å². The number of nitrogens with zero attached hydrogens (tertiary/aromatic N) is 2. The molecule has 2 unspecified atom stereocenters. The van der Waals surface area contributed by atoms with Gasteiger partial charge >= 0.3 is 0 Å². The van der Waals surface area contributed by atoms with Gasteiger partial charge in [0.25, 0.3) is 0 Å². The van der Waals surface area contributed by atoms with Crippen molar-refractivity contribution in [1.29, 1.82) is 0 Å². The van der Waals surface area contributed by atoms with Crippen LogP contribution in [-0.4, -0.2) is 48.2 Å². The zero-order valence-electron chi connectivity index (χ0n) is 15.9. The van der Waals surface area contributed by atoms with Crippen LogP contribution in [0.15, 0.2) is 56.6 Å². The van der Waals surface area contributed by atoms with Crippen molar-refractivity contribution < 1.29 is 19.0 Å². The van der Waals surface area contributed by atoms with Crippen molar-refractivity contribution in [2.24, 2.45) is 5.73 Å². The lowest BCUT2D eigenvalue weighted by Gasteiger charge is -2.27. The maximum absolute atomic E-state index is 6.13. The van der Waals surface area contributed by atoms with E-state index in [1.54, 1.807) is 11.3 Å². The Bertz CT molecular complexity index is 774. The number of nitrogens with two attached hydrogens (primary N) is 1. The molecule has 0 aliphatic carbocycles. The van der Waals surface area contributed by atoms with Gasteiger partial charge < -0.3 is 19.9 Å². The summed E-state index contributed by atoms with van der Waals surface area (Å²) < 4.78 is 19.2. The fourth-order valence-corrected chi connectivity index (χ4v) is 4.69. The zero-order valence-corrected chi connectivity index (χ0v) is 19.9. The van der Waals surface area contributed by atoms with Gasteiger partial charge in [-0.15, -0.1) is 5.06 Å². The highest BCUT2D eigenvalue weighted by Gasteiger charge is 2.29. The first-order valence-electron chi connectivity index (χ1n) is 9.10. The highest BCUT2D eigenvalue weighted by molar-refractivity contribution is 9.11. The van der Waals surface area contributed by atoms with Crippen molar-refractivity contribution >= 4 is 43.6 Å². The van der Waals surface area contributed by atoms with Crippen LogP contribution in [0, 0.1) is 0 Å². The number of aromatic nitrogens is 1. The largest absolute Gasteiger partial charge is 0.374 e. The van der Waals surface area contributed by atoms with E-state index < -0.39 is 6.29 Å². The number of pyridine rings is 1. The van der Waals surface area contributed by atoms with Gasteiger partial charge in [0.1, 0.15) is 29.6 Å². The smallest absolute Gasteiger partial charge is 0.205 e. The van der Waals surface area contributed by atoms with Crippen LogP contribution >= 0.6 is 43.6 Å². The first-order chi connectivity index (χ1) is 14.1. The molecule has 1 aliphatic rings. The van der Waals surface area contributed by atoms with Crippen molar-refractivity contribution in [3.8, 4) is 0 Å². The van der Waals surface area contributed by atoms with Gasteiger partial charge in [0.2, 0.25) is 6.29 Å². The third-order valence-corrected chi connectivity index (χ3v) is 6.57. The fourth-order valence-electron chi connectivity index (χ4n) is 2.64. The molecule has 29 heavy (non-hydrogen) atoms. The number of ether oxygens (including phenoxy) is 3. The predicted molar refractivity (Wildman–Crippen MR) is 118 cm³/mol. The van der Waals surface area contributed by atoms with Gasteiger partial charge in [-0.2, -0.15) is 0 Å². The van der Waals surface area contributed by atoms with E-state index in [9.17, 15) is 0 Å². The molecule has 0 amide bonds. The van der Waals surface area contributed by atoms with Crippen LogP contribution in [0.25, 0.3) is 0 Å². The van der Waals surface area contributed by atoms with E-state index >= 15 is 0 Å².